The maximum absolute atomic E-state index is 13.7. The first-order valence-electron chi connectivity index (χ1n) is 9.39. The molecule has 0 aliphatic carbocycles. The van der Waals surface area contributed by atoms with E-state index in [1.165, 1.54) is 18.2 Å². The molecule has 3 rings (SSSR count). The molecule has 1 saturated heterocycles. The van der Waals surface area contributed by atoms with E-state index in [1.54, 1.807) is 24.3 Å². The summed E-state index contributed by atoms with van der Waals surface area (Å²) in [4.78, 5) is 25.7. The number of amides is 2. The van der Waals surface area contributed by atoms with Crippen LogP contribution in [0.2, 0.25) is 0 Å². The van der Waals surface area contributed by atoms with E-state index in [-0.39, 0.29) is 24.4 Å². The average molecular weight is 401 g/mol. The minimum atomic E-state index is -0.566. The smallest absolute Gasteiger partial charge is 0.258 e. The van der Waals surface area contributed by atoms with Gasteiger partial charge in [-0.15, -0.1) is 0 Å². The number of halogens is 1. The van der Waals surface area contributed by atoms with Crippen LogP contribution in [0.15, 0.2) is 48.5 Å². The van der Waals surface area contributed by atoms with Crippen LogP contribution in [0.5, 0.6) is 5.75 Å². The zero-order chi connectivity index (χ0) is 20.6. The van der Waals surface area contributed by atoms with Crippen LogP contribution in [-0.4, -0.2) is 56.2 Å². The molecule has 0 saturated carbocycles. The summed E-state index contributed by atoms with van der Waals surface area (Å²) in [5.74, 6) is -0.816. The van der Waals surface area contributed by atoms with Crippen molar-refractivity contribution in [3.8, 4) is 5.75 Å². The summed E-state index contributed by atoms with van der Waals surface area (Å²) in [6, 6.07) is 12.5. The third-order valence-electron chi connectivity index (χ3n) is 4.70. The van der Waals surface area contributed by atoms with Crippen molar-refractivity contribution >= 4 is 11.8 Å². The monoisotopic (exact) mass is 401 g/mol. The normalized spacial score (nSPS) is 15.5. The van der Waals surface area contributed by atoms with Crippen LogP contribution < -0.4 is 15.8 Å². The van der Waals surface area contributed by atoms with Crippen LogP contribution in [0.1, 0.15) is 22.0 Å². The number of ether oxygens (including phenoxy) is 2. The maximum Gasteiger partial charge on any atom is 0.258 e. The van der Waals surface area contributed by atoms with Gasteiger partial charge in [0.05, 0.1) is 19.3 Å². The second-order valence-corrected chi connectivity index (χ2v) is 6.70. The Bertz CT molecular complexity index is 855. The lowest BCUT2D eigenvalue weighted by molar-refractivity contribution is -0.123. The van der Waals surface area contributed by atoms with Gasteiger partial charge in [-0.3, -0.25) is 14.5 Å². The lowest BCUT2D eigenvalue weighted by Gasteiger charge is -2.35. The summed E-state index contributed by atoms with van der Waals surface area (Å²) in [7, 11) is 0. The molecule has 154 valence electrons. The Morgan fingerprint density at radius 3 is 2.66 bits per heavy atom. The Hall–Kier alpha value is -2.97. The van der Waals surface area contributed by atoms with Crippen molar-refractivity contribution in [1.29, 1.82) is 0 Å². The van der Waals surface area contributed by atoms with E-state index < -0.39 is 5.91 Å². The van der Waals surface area contributed by atoms with Crippen molar-refractivity contribution < 1.29 is 23.5 Å². The third kappa shape index (κ3) is 6.00. The van der Waals surface area contributed by atoms with Crippen molar-refractivity contribution in [2.24, 2.45) is 5.73 Å². The summed E-state index contributed by atoms with van der Waals surface area (Å²) in [5.41, 5.74) is 6.34. The van der Waals surface area contributed by atoms with Gasteiger partial charge in [0.1, 0.15) is 11.6 Å². The number of nitrogens with two attached hydrogens (primary N) is 1. The predicted octanol–water partition coefficient (Wildman–Crippen LogP) is 1.49. The molecule has 3 N–H and O–H groups in total. The van der Waals surface area contributed by atoms with E-state index in [0.29, 0.717) is 44.2 Å². The van der Waals surface area contributed by atoms with Crippen LogP contribution in [0, 0.1) is 5.82 Å². The molecule has 8 heteroatoms. The second kappa shape index (κ2) is 9.99. The highest BCUT2D eigenvalue weighted by atomic mass is 19.1. The topological polar surface area (TPSA) is 93.9 Å². The number of morpholine rings is 1. The number of hydrogen-bond acceptors (Lipinski definition) is 5. The van der Waals surface area contributed by atoms with Crippen LogP contribution >= 0.6 is 0 Å². The molecule has 1 fully saturated rings. The Kier molecular flexibility index (Phi) is 7.15. The first kappa shape index (κ1) is 20.8. The van der Waals surface area contributed by atoms with E-state index in [0.717, 1.165) is 5.56 Å². The van der Waals surface area contributed by atoms with Crippen LogP contribution in [0.3, 0.4) is 0 Å². The average Bonchev–Trinajstić information content (AvgIpc) is 2.73. The molecule has 29 heavy (non-hydrogen) atoms. The second-order valence-electron chi connectivity index (χ2n) is 6.70. The standard InChI is InChI=1S/C21H24FN3O4/c22-17-5-1-3-15(11-17)19(25-7-9-28-10-8-25)13-24-20(26)14-29-18-6-2-4-16(12-18)21(23)27/h1-6,11-12,19H,7-10,13-14H2,(H2,23,27)(H,24,26). The van der Waals surface area contributed by atoms with Gasteiger partial charge in [-0.25, -0.2) is 4.39 Å². The fraction of sp³-hybridized carbons (Fsp3) is 0.333. The van der Waals surface area contributed by atoms with Gasteiger partial charge in [-0.1, -0.05) is 18.2 Å². The van der Waals surface area contributed by atoms with Gasteiger partial charge in [0.15, 0.2) is 6.61 Å². The van der Waals surface area contributed by atoms with E-state index in [9.17, 15) is 14.0 Å². The van der Waals surface area contributed by atoms with Crippen molar-refractivity contribution in [2.75, 3.05) is 39.5 Å². The first-order chi connectivity index (χ1) is 14.0. The molecule has 0 spiro atoms. The third-order valence-corrected chi connectivity index (χ3v) is 4.70. The van der Waals surface area contributed by atoms with Gasteiger partial charge in [0, 0.05) is 25.2 Å². The fourth-order valence-corrected chi connectivity index (χ4v) is 3.21. The minimum absolute atomic E-state index is 0.170. The van der Waals surface area contributed by atoms with Crippen LogP contribution in [-0.2, 0) is 9.53 Å². The Balaban J connectivity index is 1.59. The van der Waals surface area contributed by atoms with E-state index in [2.05, 4.69) is 10.2 Å². The highest BCUT2D eigenvalue weighted by Crippen LogP contribution is 2.22. The molecule has 0 aromatic heterocycles. The lowest BCUT2D eigenvalue weighted by Crippen LogP contribution is -2.44. The molecule has 1 atom stereocenters. The number of carbonyl (C=O) groups excluding carboxylic acids is 2. The van der Waals surface area contributed by atoms with Crippen molar-refractivity contribution in [2.45, 2.75) is 6.04 Å². The molecular weight excluding hydrogens is 377 g/mol. The fourth-order valence-electron chi connectivity index (χ4n) is 3.21. The molecule has 1 aliphatic rings. The number of rotatable bonds is 8. The number of hydrogen-bond donors (Lipinski definition) is 2. The molecule has 7 nitrogen and oxygen atoms in total. The maximum atomic E-state index is 13.7. The summed E-state index contributed by atoms with van der Waals surface area (Å²) in [5, 5.41) is 2.85. The Morgan fingerprint density at radius 2 is 1.93 bits per heavy atom. The molecule has 2 aromatic rings. The zero-order valence-corrected chi connectivity index (χ0v) is 16.0. The minimum Gasteiger partial charge on any atom is -0.484 e. The van der Waals surface area contributed by atoms with Gasteiger partial charge in [0.25, 0.3) is 5.91 Å². The summed E-state index contributed by atoms with van der Waals surface area (Å²) >= 11 is 0. The van der Waals surface area contributed by atoms with Crippen molar-refractivity contribution in [1.82, 2.24) is 10.2 Å². The van der Waals surface area contributed by atoms with Crippen molar-refractivity contribution in [3.05, 3.63) is 65.5 Å². The molecule has 1 heterocycles. The molecule has 1 aliphatic heterocycles. The number of carbonyl (C=O) groups is 2. The van der Waals surface area contributed by atoms with Gasteiger partial charge >= 0.3 is 0 Å². The molecule has 2 amide bonds. The molecule has 0 radical (unpaired) electrons. The van der Waals surface area contributed by atoms with E-state index in [1.807, 2.05) is 6.07 Å². The first-order valence-corrected chi connectivity index (χ1v) is 9.39. The molecule has 1 unspecified atom stereocenters. The van der Waals surface area contributed by atoms with Gasteiger partial charge < -0.3 is 20.5 Å². The van der Waals surface area contributed by atoms with E-state index in [4.69, 9.17) is 15.2 Å². The van der Waals surface area contributed by atoms with Gasteiger partial charge in [0.2, 0.25) is 5.91 Å². The highest BCUT2D eigenvalue weighted by molar-refractivity contribution is 5.93. The van der Waals surface area contributed by atoms with Crippen LogP contribution in [0.4, 0.5) is 4.39 Å². The number of benzene rings is 2. The highest BCUT2D eigenvalue weighted by Gasteiger charge is 2.23. The van der Waals surface area contributed by atoms with E-state index >= 15 is 0 Å². The summed E-state index contributed by atoms with van der Waals surface area (Å²) in [6.07, 6.45) is 0. The van der Waals surface area contributed by atoms with Gasteiger partial charge in [-0.05, 0) is 35.9 Å². The zero-order valence-electron chi connectivity index (χ0n) is 16.0. The SMILES string of the molecule is NC(=O)c1cccc(OCC(=O)NCC(c2cccc(F)c2)N2CCOCC2)c1. The quantitative estimate of drug-likeness (QED) is 0.699. The Morgan fingerprint density at radius 1 is 1.17 bits per heavy atom. The molecule has 2 aromatic carbocycles. The van der Waals surface area contributed by atoms with Crippen LogP contribution in [0.25, 0.3) is 0 Å². The lowest BCUT2D eigenvalue weighted by atomic mass is 10.0. The number of primary amides is 1. The largest absolute Gasteiger partial charge is 0.484 e. The number of nitrogens with zero attached hydrogens (tertiary/aromatic N) is 1. The summed E-state index contributed by atoms with van der Waals surface area (Å²) in [6.45, 7) is 2.70. The molecule has 0 bridgehead atoms. The number of nitrogens with one attached hydrogen (secondary N) is 1. The Labute approximate surface area is 168 Å². The predicted molar refractivity (Wildman–Crippen MR) is 105 cm³/mol. The summed E-state index contributed by atoms with van der Waals surface area (Å²) < 4.78 is 24.5. The van der Waals surface area contributed by atoms with Gasteiger partial charge in [-0.2, -0.15) is 0 Å². The van der Waals surface area contributed by atoms with Crippen molar-refractivity contribution in [3.63, 3.8) is 0 Å². The molecular formula is C21H24FN3O4.